The lowest BCUT2D eigenvalue weighted by molar-refractivity contribution is 0.386. The zero-order valence-electron chi connectivity index (χ0n) is 8.01. The molecule has 3 nitrogen and oxygen atoms in total. The molecular formula is C10H13FN2O. The van der Waals surface area contributed by atoms with Crippen LogP contribution in [0.15, 0.2) is 18.2 Å². The van der Waals surface area contributed by atoms with Gasteiger partial charge in [0.05, 0.1) is 13.2 Å². The van der Waals surface area contributed by atoms with Gasteiger partial charge in [-0.2, -0.15) is 0 Å². The Bertz CT molecular complexity index is 326. The number of rotatable bonds is 3. The second kappa shape index (κ2) is 3.84. The van der Waals surface area contributed by atoms with Crippen molar-refractivity contribution in [3.63, 3.8) is 0 Å². The Labute approximate surface area is 82.3 Å². The van der Waals surface area contributed by atoms with E-state index in [2.05, 4.69) is 10.6 Å². The molecular weight excluding hydrogens is 183 g/mol. The molecule has 0 unspecified atom stereocenters. The molecule has 76 valence electrons. The van der Waals surface area contributed by atoms with Crippen LogP contribution < -0.4 is 15.4 Å². The zero-order chi connectivity index (χ0) is 9.97. The van der Waals surface area contributed by atoms with Gasteiger partial charge in [0, 0.05) is 24.8 Å². The third kappa shape index (κ3) is 1.80. The van der Waals surface area contributed by atoms with Gasteiger partial charge < -0.3 is 15.4 Å². The van der Waals surface area contributed by atoms with E-state index in [0.29, 0.717) is 6.04 Å². The Kier molecular flexibility index (Phi) is 2.54. The van der Waals surface area contributed by atoms with E-state index in [0.717, 1.165) is 18.8 Å². The highest BCUT2D eigenvalue weighted by Gasteiger charge is 2.16. The molecule has 14 heavy (non-hydrogen) atoms. The van der Waals surface area contributed by atoms with Crippen molar-refractivity contribution in [2.45, 2.75) is 6.04 Å². The molecule has 0 atom stereocenters. The molecule has 0 spiro atoms. The van der Waals surface area contributed by atoms with Crippen LogP contribution in [0.3, 0.4) is 0 Å². The van der Waals surface area contributed by atoms with Crippen LogP contribution in [0.4, 0.5) is 10.1 Å². The summed E-state index contributed by atoms with van der Waals surface area (Å²) in [6.45, 7) is 1.92. The van der Waals surface area contributed by atoms with E-state index in [-0.39, 0.29) is 11.6 Å². The molecule has 0 aromatic heterocycles. The van der Waals surface area contributed by atoms with Crippen molar-refractivity contribution in [1.29, 1.82) is 0 Å². The van der Waals surface area contributed by atoms with E-state index >= 15 is 0 Å². The Balaban J connectivity index is 2.09. The van der Waals surface area contributed by atoms with Gasteiger partial charge in [0.25, 0.3) is 0 Å². The van der Waals surface area contributed by atoms with E-state index in [1.54, 1.807) is 12.1 Å². The van der Waals surface area contributed by atoms with Crippen molar-refractivity contribution in [3.05, 3.63) is 24.0 Å². The summed E-state index contributed by atoms with van der Waals surface area (Å²) in [6.07, 6.45) is 0. The van der Waals surface area contributed by atoms with Crippen LogP contribution in [0.5, 0.6) is 5.75 Å². The average molecular weight is 196 g/mol. The van der Waals surface area contributed by atoms with Crippen LogP contribution in [0.2, 0.25) is 0 Å². The van der Waals surface area contributed by atoms with Crippen molar-refractivity contribution in [2.75, 3.05) is 25.5 Å². The average Bonchev–Trinajstić information content (AvgIpc) is 2.14. The van der Waals surface area contributed by atoms with Crippen LogP contribution in [-0.2, 0) is 0 Å². The van der Waals surface area contributed by atoms with Gasteiger partial charge in [0.15, 0.2) is 11.6 Å². The number of halogens is 1. The maximum Gasteiger partial charge on any atom is 0.165 e. The first-order valence-corrected chi connectivity index (χ1v) is 4.60. The topological polar surface area (TPSA) is 33.3 Å². The first-order valence-electron chi connectivity index (χ1n) is 4.60. The third-order valence-corrected chi connectivity index (χ3v) is 2.30. The summed E-state index contributed by atoms with van der Waals surface area (Å²) in [5.41, 5.74) is 0.898. The molecule has 2 rings (SSSR count). The van der Waals surface area contributed by atoms with Gasteiger partial charge in [-0.05, 0) is 12.1 Å². The summed E-state index contributed by atoms with van der Waals surface area (Å²) in [7, 11) is 1.47. The van der Waals surface area contributed by atoms with Gasteiger partial charge in [-0.25, -0.2) is 4.39 Å². The van der Waals surface area contributed by atoms with Crippen LogP contribution >= 0.6 is 0 Å². The second-order valence-corrected chi connectivity index (χ2v) is 3.35. The number of hydrogen-bond acceptors (Lipinski definition) is 3. The Hall–Kier alpha value is -1.29. The van der Waals surface area contributed by atoms with Crippen molar-refractivity contribution < 1.29 is 9.13 Å². The quantitative estimate of drug-likeness (QED) is 0.762. The fourth-order valence-electron chi connectivity index (χ4n) is 1.38. The van der Waals surface area contributed by atoms with E-state index < -0.39 is 0 Å². The lowest BCUT2D eigenvalue weighted by Crippen LogP contribution is -2.51. The fourth-order valence-corrected chi connectivity index (χ4v) is 1.38. The molecule has 1 heterocycles. The van der Waals surface area contributed by atoms with Crippen LogP contribution in [0.1, 0.15) is 0 Å². The summed E-state index contributed by atoms with van der Waals surface area (Å²) in [5, 5.41) is 6.42. The number of methoxy groups -OCH3 is 1. The van der Waals surface area contributed by atoms with E-state index in [1.807, 2.05) is 0 Å². The van der Waals surface area contributed by atoms with Crippen LogP contribution in [-0.4, -0.2) is 26.2 Å². The maximum atomic E-state index is 13.0. The number of nitrogens with one attached hydrogen (secondary N) is 2. The van der Waals surface area contributed by atoms with Crippen molar-refractivity contribution in [3.8, 4) is 5.75 Å². The maximum absolute atomic E-state index is 13.0. The summed E-state index contributed by atoms with van der Waals surface area (Å²) in [6, 6.07) is 5.25. The minimum Gasteiger partial charge on any atom is -0.494 e. The molecule has 1 fully saturated rings. The molecule has 4 heteroatoms. The van der Waals surface area contributed by atoms with Crippen molar-refractivity contribution >= 4 is 5.69 Å². The Morgan fingerprint density at radius 3 is 2.86 bits per heavy atom. The van der Waals surface area contributed by atoms with Gasteiger partial charge in [-0.1, -0.05) is 0 Å². The summed E-state index contributed by atoms with van der Waals surface area (Å²) in [4.78, 5) is 0. The SMILES string of the molecule is COc1cc(NC2CNC2)ccc1F. The minimum atomic E-state index is -0.329. The second-order valence-electron chi connectivity index (χ2n) is 3.35. The van der Waals surface area contributed by atoms with Crippen molar-refractivity contribution in [2.24, 2.45) is 0 Å². The van der Waals surface area contributed by atoms with Crippen LogP contribution in [0, 0.1) is 5.82 Å². The van der Waals surface area contributed by atoms with Crippen molar-refractivity contribution in [1.82, 2.24) is 5.32 Å². The predicted octanol–water partition coefficient (Wildman–Crippen LogP) is 1.22. The monoisotopic (exact) mass is 196 g/mol. The molecule has 1 aliphatic rings. The molecule has 0 bridgehead atoms. The molecule has 1 saturated heterocycles. The zero-order valence-corrected chi connectivity index (χ0v) is 8.01. The van der Waals surface area contributed by atoms with E-state index in [4.69, 9.17) is 4.74 Å². The number of ether oxygens (including phenoxy) is 1. The lowest BCUT2D eigenvalue weighted by Gasteiger charge is -2.29. The standard InChI is InChI=1S/C10H13FN2O/c1-14-10-4-7(2-3-9(10)11)13-8-5-12-6-8/h2-4,8,12-13H,5-6H2,1H3. The Morgan fingerprint density at radius 2 is 2.29 bits per heavy atom. The number of benzene rings is 1. The van der Waals surface area contributed by atoms with Gasteiger partial charge in [-0.15, -0.1) is 0 Å². The van der Waals surface area contributed by atoms with Gasteiger partial charge in [0.1, 0.15) is 0 Å². The minimum absolute atomic E-state index is 0.280. The largest absolute Gasteiger partial charge is 0.494 e. The van der Waals surface area contributed by atoms with E-state index in [1.165, 1.54) is 13.2 Å². The molecule has 0 radical (unpaired) electrons. The summed E-state index contributed by atoms with van der Waals surface area (Å²) in [5.74, 6) is -0.0490. The molecule has 0 saturated carbocycles. The number of anilines is 1. The highest BCUT2D eigenvalue weighted by Crippen LogP contribution is 2.22. The molecule has 1 aromatic rings. The third-order valence-electron chi connectivity index (χ3n) is 2.30. The molecule has 2 N–H and O–H groups in total. The fraction of sp³-hybridized carbons (Fsp3) is 0.400. The van der Waals surface area contributed by atoms with Crippen LogP contribution in [0.25, 0.3) is 0 Å². The molecule has 1 aromatic carbocycles. The first-order chi connectivity index (χ1) is 6.79. The Morgan fingerprint density at radius 1 is 1.50 bits per heavy atom. The summed E-state index contributed by atoms with van der Waals surface area (Å²) < 4.78 is 17.9. The normalized spacial score (nSPS) is 16.1. The summed E-state index contributed by atoms with van der Waals surface area (Å²) >= 11 is 0. The highest BCUT2D eigenvalue weighted by atomic mass is 19.1. The predicted molar refractivity (Wildman–Crippen MR) is 53.2 cm³/mol. The van der Waals surface area contributed by atoms with Gasteiger partial charge in [-0.3, -0.25) is 0 Å². The first kappa shape index (κ1) is 9.27. The van der Waals surface area contributed by atoms with E-state index in [9.17, 15) is 4.39 Å². The smallest absolute Gasteiger partial charge is 0.165 e. The molecule has 0 aliphatic carbocycles. The number of hydrogen-bond donors (Lipinski definition) is 2. The highest BCUT2D eigenvalue weighted by molar-refractivity contribution is 5.49. The lowest BCUT2D eigenvalue weighted by atomic mass is 10.1. The van der Waals surface area contributed by atoms with Gasteiger partial charge >= 0.3 is 0 Å². The molecule has 1 aliphatic heterocycles. The van der Waals surface area contributed by atoms with Gasteiger partial charge in [0.2, 0.25) is 0 Å². The molecule has 0 amide bonds.